The summed E-state index contributed by atoms with van der Waals surface area (Å²) in [6, 6.07) is 15.4. The van der Waals surface area contributed by atoms with E-state index in [9.17, 15) is 19.7 Å². The molecule has 2 aromatic carbocycles. The molecule has 9 nitrogen and oxygen atoms in total. The molecule has 0 saturated carbocycles. The van der Waals surface area contributed by atoms with E-state index in [1.165, 1.54) is 36.6 Å². The van der Waals surface area contributed by atoms with E-state index in [4.69, 9.17) is 13.9 Å². The van der Waals surface area contributed by atoms with Crippen molar-refractivity contribution in [3.05, 3.63) is 99.6 Å². The average Bonchev–Trinajstić information content (AvgIpc) is 3.37. The van der Waals surface area contributed by atoms with Crippen molar-refractivity contribution >= 4 is 23.6 Å². The molecule has 1 N–H and O–H groups in total. The van der Waals surface area contributed by atoms with E-state index in [2.05, 4.69) is 12.2 Å². The van der Waals surface area contributed by atoms with Crippen molar-refractivity contribution < 1.29 is 28.4 Å². The zero-order valence-electron chi connectivity index (χ0n) is 18.6. The van der Waals surface area contributed by atoms with Crippen molar-refractivity contribution in [1.29, 1.82) is 0 Å². The van der Waals surface area contributed by atoms with Crippen molar-refractivity contribution in [2.75, 3.05) is 6.61 Å². The van der Waals surface area contributed by atoms with Gasteiger partial charge in [0.25, 0.3) is 11.6 Å². The Labute approximate surface area is 196 Å². The molecule has 1 aromatic heterocycles. The highest BCUT2D eigenvalue weighted by molar-refractivity contribution is 6.03. The van der Waals surface area contributed by atoms with Crippen molar-refractivity contribution in [1.82, 2.24) is 5.32 Å². The molecule has 3 aromatic rings. The number of amides is 1. The fourth-order valence-corrected chi connectivity index (χ4v) is 2.85. The van der Waals surface area contributed by atoms with E-state index in [1.54, 1.807) is 36.4 Å². The van der Waals surface area contributed by atoms with E-state index in [0.29, 0.717) is 29.2 Å². The van der Waals surface area contributed by atoms with Crippen LogP contribution in [0.4, 0.5) is 5.69 Å². The predicted octanol–water partition coefficient (Wildman–Crippen LogP) is 4.88. The Bertz CT molecular complexity index is 1140. The van der Waals surface area contributed by atoms with Crippen molar-refractivity contribution in [3.63, 3.8) is 0 Å². The van der Waals surface area contributed by atoms with Gasteiger partial charge in [-0.25, -0.2) is 4.79 Å². The molecule has 0 saturated heterocycles. The molecule has 0 aliphatic carbocycles. The number of nitro groups is 1. The lowest BCUT2D eigenvalue weighted by Crippen LogP contribution is -2.28. The molecule has 1 amide bonds. The number of rotatable bonds is 11. The lowest BCUT2D eigenvalue weighted by Gasteiger charge is -2.11. The summed E-state index contributed by atoms with van der Waals surface area (Å²) in [5, 5.41) is 13.4. The van der Waals surface area contributed by atoms with Crippen molar-refractivity contribution in [2.45, 2.75) is 26.4 Å². The molecule has 0 unspecified atom stereocenters. The molecule has 0 radical (unpaired) electrons. The standard InChI is InChI=1S/C25H24N2O7/c1-2-3-14-32-21-12-8-19(9-13-21)24(28)26-23(25(29)34-17-22-5-4-15-33-22)16-18-6-10-20(11-7-18)27(30)31/h4-13,15-16H,2-3,14,17H2,1H3,(H,26,28)/b23-16+. The van der Waals surface area contributed by atoms with Gasteiger partial charge in [0.2, 0.25) is 0 Å². The third-order valence-corrected chi connectivity index (χ3v) is 4.69. The Morgan fingerprint density at radius 3 is 2.44 bits per heavy atom. The molecule has 3 rings (SSSR count). The van der Waals surface area contributed by atoms with Gasteiger partial charge in [-0.1, -0.05) is 13.3 Å². The molecular weight excluding hydrogens is 440 g/mol. The molecule has 0 bridgehead atoms. The summed E-state index contributed by atoms with van der Waals surface area (Å²) in [4.78, 5) is 35.9. The van der Waals surface area contributed by atoms with E-state index < -0.39 is 16.8 Å². The SMILES string of the molecule is CCCCOc1ccc(C(=O)N/C(=C/c2ccc([N+](=O)[O-])cc2)C(=O)OCc2ccco2)cc1. The molecule has 0 spiro atoms. The lowest BCUT2D eigenvalue weighted by molar-refractivity contribution is -0.384. The van der Waals surface area contributed by atoms with Crippen LogP contribution in [-0.2, 0) is 16.1 Å². The number of non-ortho nitro benzene ring substituents is 1. The topological polar surface area (TPSA) is 121 Å². The normalized spacial score (nSPS) is 11.0. The third kappa shape index (κ3) is 7.06. The first-order valence-corrected chi connectivity index (χ1v) is 10.7. The lowest BCUT2D eigenvalue weighted by atomic mass is 10.1. The van der Waals surface area contributed by atoms with Gasteiger partial charge in [-0.3, -0.25) is 14.9 Å². The van der Waals surface area contributed by atoms with Gasteiger partial charge in [-0.05, 0) is 66.6 Å². The molecule has 0 atom stereocenters. The Morgan fingerprint density at radius 1 is 1.09 bits per heavy atom. The summed E-state index contributed by atoms with van der Waals surface area (Å²) in [7, 11) is 0. The summed E-state index contributed by atoms with van der Waals surface area (Å²) in [5.74, 6) is -0.233. The molecule has 9 heteroatoms. The Kier molecular flexibility index (Phi) is 8.56. The van der Waals surface area contributed by atoms with Crippen LogP contribution in [0, 0.1) is 10.1 Å². The summed E-state index contributed by atoms with van der Waals surface area (Å²) in [6.45, 7) is 2.53. The molecule has 1 heterocycles. The smallest absolute Gasteiger partial charge is 0.355 e. The van der Waals surface area contributed by atoms with E-state index in [-0.39, 0.29) is 18.0 Å². The van der Waals surface area contributed by atoms with Gasteiger partial charge in [0.1, 0.15) is 23.8 Å². The number of hydrogen-bond acceptors (Lipinski definition) is 7. The van der Waals surface area contributed by atoms with Crippen LogP contribution in [0.15, 0.2) is 77.0 Å². The number of furan rings is 1. The predicted molar refractivity (Wildman–Crippen MR) is 124 cm³/mol. The first kappa shape index (κ1) is 24.2. The second-order valence-corrected chi connectivity index (χ2v) is 7.24. The van der Waals surface area contributed by atoms with Gasteiger partial charge in [-0.2, -0.15) is 0 Å². The largest absolute Gasteiger partial charge is 0.494 e. The fourth-order valence-electron chi connectivity index (χ4n) is 2.85. The maximum Gasteiger partial charge on any atom is 0.355 e. The number of benzene rings is 2. The number of unbranched alkanes of at least 4 members (excludes halogenated alkanes) is 1. The molecule has 34 heavy (non-hydrogen) atoms. The van der Waals surface area contributed by atoms with Crippen LogP contribution in [0.25, 0.3) is 6.08 Å². The van der Waals surface area contributed by atoms with Crippen LogP contribution in [0.3, 0.4) is 0 Å². The summed E-state index contributed by atoms with van der Waals surface area (Å²) >= 11 is 0. The van der Waals surface area contributed by atoms with Gasteiger partial charge in [0.15, 0.2) is 0 Å². The zero-order valence-corrected chi connectivity index (χ0v) is 18.6. The summed E-state index contributed by atoms with van der Waals surface area (Å²) in [6.07, 6.45) is 4.78. The third-order valence-electron chi connectivity index (χ3n) is 4.69. The fraction of sp³-hybridized carbons (Fsp3) is 0.200. The number of carbonyl (C=O) groups is 2. The number of carbonyl (C=O) groups excluding carboxylic acids is 2. The highest BCUT2D eigenvalue weighted by atomic mass is 16.6. The number of esters is 1. The Hall–Kier alpha value is -4.40. The first-order valence-electron chi connectivity index (χ1n) is 10.7. The number of nitrogens with zero attached hydrogens (tertiary/aromatic N) is 1. The second-order valence-electron chi connectivity index (χ2n) is 7.24. The molecule has 0 aliphatic heterocycles. The summed E-state index contributed by atoms with van der Waals surface area (Å²) in [5.41, 5.74) is 0.560. The number of hydrogen-bond donors (Lipinski definition) is 1. The van der Waals surface area contributed by atoms with Gasteiger partial charge < -0.3 is 19.2 Å². The van der Waals surface area contributed by atoms with Gasteiger partial charge in [-0.15, -0.1) is 0 Å². The maximum atomic E-state index is 12.8. The van der Waals surface area contributed by atoms with E-state index in [0.717, 1.165) is 12.8 Å². The first-order chi connectivity index (χ1) is 16.5. The van der Waals surface area contributed by atoms with Crippen LogP contribution in [0.2, 0.25) is 0 Å². The molecule has 0 fully saturated rings. The monoisotopic (exact) mass is 464 g/mol. The van der Waals surface area contributed by atoms with Gasteiger partial charge in [0.05, 0.1) is 17.8 Å². The van der Waals surface area contributed by atoms with Gasteiger partial charge in [0, 0.05) is 17.7 Å². The summed E-state index contributed by atoms with van der Waals surface area (Å²) < 4.78 is 16.0. The Balaban J connectivity index is 1.76. The average molecular weight is 464 g/mol. The van der Waals surface area contributed by atoms with Crippen LogP contribution >= 0.6 is 0 Å². The second kappa shape index (κ2) is 12.0. The Morgan fingerprint density at radius 2 is 1.82 bits per heavy atom. The van der Waals surface area contributed by atoms with Crippen molar-refractivity contribution in [3.8, 4) is 5.75 Å². The van der Waals surface area contributed by atoms with Crippen LogP contribution in [0.5, 0.6) is 5.75 Å². The highest BCUT2D eigenvalue weighted by Crippen LogP contribution is 2.16. The minimum absolute atomic E-state index is 0.0932. The quantitative estimate of drug-likeness (QED) is 0.141. The van der Waals surface area contributed by atoms with E-state index >= 15 is 0 Å². The zero-order chi connectivity index (χ0) is 24.3. The minimum Gasteiger partial charge on any atom is -0.494 e. The number of ether oxygens (including phenoxy) is 2. The van der Waals surface area contributed by atoms with E-state index in [1.807, 2.05) is 0 Å². The van der Waals surface area contributed by atoms with Crippen molar-refractivity contribution in [2.24, 2.45) is 0 Å². The molecule has 176 valence electrons. The minimum atomic E-state index is -0.789. The van der Waals surface area contributed by atoms with Crippen LogP contribution < -0.4 is 10.1 Å². The van der Waals surface area contributed by atoms with Crippen LogP contribution in [0.1, 0.15) is 41.4 Å². The van der Waals surface area contributed by atoms with Crippen LogP contribution in [-0.4, -0.2) is 23.4 Å². The number of nitro benzene ring substituents is 1. The molecular formula is C25H24N2O7. The highest BCUT2D eigenvalue weighted by Gasteiger charge is 2.17. The molecule has 0 aliphatic rings. The maximum absolute atomic E-state index is 12.8. The van der Waals surface area contributed by atoms with Gasteiger partial charge >= 0.3 is 5.97 Å². The number of nitrogens with one attached hydrogen (secondary N) is 1.